The molecule has 1 atom stereocenters. The van der Waals surface area contributed by atoms with Crippen LogP contribution < -0.4 is 9.62 Å². The maximum atomic E-state index is 13.8. The van der Waals surface area contributed by atoms with Crippen LogP contribution in [0.15, 0.2) is 72.8 Å². The van der Waals surface area contributed by atoms with Crippen LogP contribution in [0.4, 0.5) is 5.69 Å². The van der Waals surface area contributed by atoms with E-state index in [0.717, 1.165) is 22.4 Å². The molecule has 212 valence electrons. The van der Waals surface area contributed by atoms with Crippen molar-refractivity contribution >= 4 is 44.8 Å². The Morgan fingerprint density at radius 1 is 0.975 bits per heavy atom. The average Bonchev–Trinajstić information content (AvgIpc) is 3.27. The highest BCUT2D eigenvalue weighted by Crippen LogP contribution is 2.47. The van der Waals surface area contributed by atoms with Crippen molar-refractivity contribution in [3.63, 3.8) is 0 Å². The second-order valence-electron chi connectivity index (χ2n) is 10.6. The number of hydrogen-bond acceptors (Lipinski definition) is 5. The number of fused-ring (bicyclic) bond motifs is 2. The van der Waals surface area contributed by atoms with E-state index in [0.29, 0.717) is 55.7 Å². The van der Waals surface area contributed by atoms with Gasteiger partial charge in [0.1, 0.15) is 6.04 Å². The Balaban J connectivity index is 1.28. The number of piperidine rings is 1. The van der Waals surface area contributed by atoms with Gasteiger partial charge in [0.15, 0.2) is 0 Å². The summed E-state index contributed by atoms with van der Waals surface area (Å²) in [6.07, 6.45) is 2.62. The zero-order valence-corrected chi connectivity index (χ0v) is 24.7. The number of carbonyl (C=O) groups excluding carboxylic acids is 1. The van der Waals surface area contributed by atoms with Crippen molar-refractivity contribution < 1.29 is 17.9 Å². The molecule has 2 aliphatic heterocycles. The van der Waals surface area contributed by atoms with Crippen molar-refractivity contribution in [2.24, 2.45) is 0 Å². The lowest BCUT2D eigenvalue weighted by molar-refractivity contribution is -0.136. The number of para-hydroxylation sites is 1. The minimum atomic E-state index is -3.40. The first-order valence-corrected chi connectivity index (χ1v) is 15.9. The van der Waals surface area contributed by atoms with Gasteiger partial charge >= 0.3 is 0 Å². The molecule has 2 heterocycles. The lowest BCUT2D eigenvalue weighted by Crippen LogP contribution is -2.54. The molecular formula is C30H33Cl2N3O4S. The number of rotatable bonds is 9. The third-order valence-electron chi connectivity index (χ3n) is 7.85. The minimum Gasteiger partial charge on any atom is -0.375 e. The quantitative estimate of drug-likeness (QED) is 0.373. The zero-order valence-electron chi connectivity index (χ0n) is 22.4. The summed E-state index contributed by atoms with van der Waals surface area (Å²) in [6, 6.07) is 22.4. The SMILES string of the molecule is CS(=O)(=O)N1CC2(CCN(C(=O)[C@H](COCc3ccccc3)NCc3ccc(Cl)c(Cl)c3)CC2)c2ccccc21. The molecule has 1 amide bonds. The number of amides is 1. The minimum absolute atomic E-state index is 0.0331. The van der Waals surface area contributed by atoms with E-state index < -0.39 is 16.1 Å². The van der Waals surface area contributed by atoms with Gasteiger partial charge in [-0.15, -0.1) is 0 Å². The van der Waals surface area contributed by atoms with E-state index in [-0.39, 0.29) is 17.9 Å². The van der Waals surface area contributed by atoms with Gasteiger partial charge in [-0.25, -0.2) is 8.42 Å². The van der Waals surface area contributed by atoms with Crippen LogP contribution in [0.3, 0.4) is 0 Å². The fraction of sp³-hybridized carbons (Fsp3) is 0.367. The third-order valence-corrected chi connectivity index (χ3v) is 9.72. The molecule has 0 bridgehead atoms. The highest BCUT2D eigenvalue weighted by atomic mass is 35.5. The Morgan fingerprint density at radius 2 is 1.68 bits per heavy atom. The second kappa shape index (κ2) is 12.1. The summed E-state index contributed by atoms with van der Waals surface area (Å²) in [6.45, 7) is 2.52. The van der Waals surface area contributed by atoms with Crippen molar-refractivity contribution in [1.29, 1.82) is 0 Å². The van der Waals surface area contributed by atoms with Crippen LogP contribution in [0.2, 0.25) is 10.0 Å². The van der Waals surface area contributed by atoms with E-state index in [4.69, 9.17) is 27.9 Å². The number of hydrogen-bond donors (Lipinski definition) is 1. The molecule has 0 aliphatic carbocycles. The largest absolute Gasteiger partial charge is 0.375 e. The number of likely N-dealkylation sites (tertiary alicyclic amines) is 1. The molecule has 40 heavy (non-hydrogen) atoms. The Bertz CT molecular complexity index is 1460. The van der Waals surface area contributed by atoms with Crippen LogP contribution in [0, 0.1) is 0 Å². The second-order valence-corrected chi connectivity index (χ2v) is 13.3. The summed E-state index contributed by atoms with van der Waals surface area (Å²) in [7, 11) is -3.40. The molecule has 1 saturated heterocycles. The molecular weight excluding hydrogens is 569 g/mol. The highest BCUT2D eigenvalue weighted by Gasteiger charge is 2.47. The first-order chi connectivity index (χ1) is 19.2. The van der Waals surface area contributed by atoms with Crippen molar-refractivity contribution in [2.45, 2.75) is 37.5 Å². The van der Waals surface area contributed by atoms with Gasteiger partial charge in [-0.1, -0.05) is 77.8 Å². The standard InChI is InChI=1S/C30H33Cl2N3O4S/c1-40(37,38)35-21-30(24-9-5-6-10-28(24)35)13-15-34(16-14-30)29(36)27(20-39-19-22-7-3-2-4-8-22)33-18-23-11-12-25(31)26(32)17-23/h2-12,17,27,33H,13-16,18-21H2,1H3/t27-/m0/s1. The van der Waals surface area contributed by atoms with Gasteiger partial charge in [0.05, 0.1) is 35.2 Å². The molecule has 0 aromatic heterocycles. The molecule has 0 unspecified atom stereocenters. The van der Waals surface area contributed by atoms with Crippen LogP contribution >= 0.6 is 23.2 Å². The molecule has 1 N–H and O–H groups in total. The fourth-order valence-corrected chi connectivity index (χ4v) is 6.98. The molecule has 0 saturated carbocycles. The fourth-order valence-electron chi connectivity index (χ4n) is 5.66. The smallest absolute Gasteiger partial charge is 0.242 e. The summed E-state index contributed by atoms with van der Waals surface area (Å²) in [5.41, 5.74) is 3.45. The topological polar surface area (TPSA) is 79.0 Å². The highest BCUT2D eigenvalue weighted by molar-refractivity contribution is 7.92. The van der Waals surface area contributed by atoms with Gasteiger partial charge in [-0.05, 0) is 47.7 Å². The number of nitrogens with zero attached hydrogens (tertiary/aromatic N) is 2. The third kappa shape index (κ3) is 6.31. The van der Waals surface area contributed by atoms with Crippen LogP contribution in [0.5, 0.6) is 0 Å². The lowest BCUT2D eigenvalue weighted by Gasteiger charge is -2.41. The van der Waals surface area contributed by atoms with Gasteiger partial charge < -0.3 is 9.64 Å². The Hall–Kier alpha value is -2.62. The van der Waals surface area contributed by atoms with E-state index in [2.05, 4.69) is 5.32 Å². The summed E-state index contributed by atoms with van der Waals surface area (Å²) >= 11 is 12.3. The van der Waals surface area contributed by atoms with E-state index in [9.17, 15) is 13.2 Å². The first kappa shape index (κ1) is 28.9. The van der Waals surface area contributed by atoms with Gasteiger partial charge in [0.25, 0.3) is 0 Å². The number of ether oxygens (including phenoxy) is 1. The summed E-state index contributed by atoms with van der Waals surface area (Å²) in [4.78, 5) is 15.7. The van der Waals surface area contributed by atoms with Crippen LogP contribution in [-0.2, 0) is 38.1 Å². The Labute approximate surface area is 246 Å². The van der Waals surface area contributed by atoms with Crippen LogP contribution in [0.25, 0.3) is 0 Å². The van der Waals surface area contributed by atoms with Gasteiger partial charge in [0, 0.05) is 31.6 Å². The van der Waals surface area contributed by atoms with Gasteiger partial charge in [-0.2, -0.15) is 0 Å². The molecule has 1 spiro atoms. The first-order valence-electron chi connectivity index (χ1n) is 13.3. The lowest BCUT2D eigenvalue weighted by atomic mass is 9.74. The van der Waals surface area contributed by atoms with E-state index in [1.807, 2.05) is 65.6 Å². The van der Waals surface area contributed by atoms with Crippen LogP contribution in [0.1, 0.15) is 29.5 Å². The molecule has 10 heteroatoms. The number of sulfonamides is 1. The van der Waals surface area contributed by atoms with Crippen molar-refractivity contribution in [1.82, 2.24) is 10.2 Å². The average molecular weight is 603 g/mol. The number of benzene rings is 3. The van der Waals surface area contributed by atoms with Crippen molar-refractivity contribution in [3.05, 3.63) is 99.5 Å². The monoisotopic (exact) mass is 601 g/mol. The van der Waals surface area contributed by atoms with E-state index in [1.165, 1.54) is 10.6 Å². The number of halogens is 2. The normalized spacial score (nSPS) is 17.2. The maximum absolute atomic E-state index is 13.8. The molecule has 7 nitrogen and oxygen atoms in total. The number of carbonyl (C=O) groups is 1. The zero-order chi connectivity index (χ0) is 28.3. The Kier molecular flexibility index (Phi) is 8.73. The van der Waals surface area contributed by atoms with E-state index >= 15 is 0 Å². The molecule has 2 aliphatic rings. The summed E-state index contributed by atoms with van der Waals surface area (Å²) in [5, 5.41) is 4.31. The molecule has 3 aromatic carbocycles. The van der Waals surface area contributed by atoms with E-state index in [1.54, 1.807) is 12.1 Å². The van der Waals surface area contributed by atoms with Gasteiger partial charge in [0.2, 0.25) is 15.9 Å². The van der Waals surface area contributed by atoms with Gasteiger partial charge in [-0.3, -0.25) is 14.4 Å². The van der Waals surface area contributed by atoms with Crippen molar-refractivity contribution in [3.8, 4) is 0 Å². The predicted molar refractivity (Wildman–Crippen MR) is 159 cm³/mol. The van der Waals surface area contributed by atoms with Crippen molar-refractivity contribution in [2.75, 3.05) is 36.8 Å². The summed E-state index contributed by atoms with van der Waals surface area (Å²) in [5.74, 6) is -0.0331. The predicted octanol–water partition coefficient (Wildman–Crippen LogP) is 5.01. The Morgan fingerprint density at radius 3 is 2.38 bits per heavy atom. The molecule has 3 aromatic rings. The maximum Gasteiger partial charge on any atom is 0.242 e. The molecule has 0 radical (unpaired) electrons. The number of nitrogens with one attached hydrogen (secondary N) is 1. The molecule has 5 rings (SSSR count). The molecule has 1 fully saturated rings. The van der Waals surface area contributed by atoms with Crippen LogP contribution in [-0.4, -0.2) is 57.8 Å². The summed E-state index contributed by atoms with van der Waals surface area (Å²) < 4.78 is 32.6. The number of anilines is 1.